The average molecular weight is 146 g/mol. The lowest BCUT2D eigenvalue weighted by atomic mass is 10.9. The lowest BCUT2D eigenvalue weighted by molar-refractivity contribution is 0.171. The zero-order valence-corrected chi connectivity index (χ0v) is 5.96. The molecule has 1 amide bonds. The van der Waals surface area contributed by atoms with Crippen molar-refractivity contribution in [3.05, 3.63) is 0 Å². The minimum Gasteiger partial charge on any atom is -0.482 e. The molecule has 0 aromatic rings. The van der Waals surface area contributed by atoms with Crippen LogP contribution in [0.3, 0.4) is 0 Å². The molecule has 0 aromatic carbocycles. The van der Waals surface area contributed by atoms with E-state index in [0.29, 0.717) is 6.61 Å². The van der Waals surface area contributed by atoms with Crippen molar-refractivity contribution in [2.75, 3.05) is 13.7 Å². The summed E-state index contributed by atoms with van der Waals surface area (Å²) in [6.07, 6.45) is 0.521. The molecule has 0 bridgehead atoms. The lowest BCUT2D eigenvalue weighted by Gasteiger charge is -1.94. The van der Waals surface area contributed by atoms with E-state index in [1.54, 1.807) is 0 Å². The predicted molar refractivity (Wildman–Crippen MR) is 35.7 cm³/mol. The van der Waals surface area contributed by atoms with Crippen molar-refractivity contribution in [2.45, 2.75) is 6.92 Å². The zero-order valence-electron chi connectivity index (χ0n) is 5.96. The van der Waals surface area contributed by atoms with Crippen LogP contribution in [0.5, 0.6) is 0 Å². The average Bonchev–Trinajstić information content (AvgIpc) is 1.98. The number of nitrogens with one attached hydrogen (secondary N) is 1. The first-order valence-corrected chi connectivity index (χ1v) is 2.78. The number of methoxy groups -OCH3 is 1. The van der Waals surface area contributed by atoms with E-state index in [1.165, 1.54) is 7.11 Å². The molecular formula is C5H10N2O3. The first-order valence-electron chi connectivity index (χ1n) is 2.78. The number of amides is 1. The Morgan fingerprint density at radius 3 is 3.00 bits per heavy atom. The van der Waals surface area contributed by atoms with Crippen molar-refractivity contribution in [3.8, 4) is 0 Å². The van der Waals surface area contributed by atoms with Gasteiger partial charge in [0.05, 0.1) is 13.7 Å². The molecule has 0 rings (SSSR count). The summed E-state index contributed by atoms with van der Waals surface area (Å²) >= 11 is 0. The fourth-order valence-electron chi connectivity index (χ4n) is 0.237. The number of hydrogen-bond acceptors (Lipinski definition) is 4. The van der Waals surface area contributed by atoms with Crippen LogP contribution in [0.1, 0.15) is 6.92 Å². The van der Waals surface area contributed by atoms with E-state index in [4.69, 9.17) is 0 Å². The summed E-state index contributed by atoms with van der Waals surface area (Å²) in [4.78, 5) is 10.3. The highest BCUT2D eigenvalue weighted by atomic mass is 16.5. The van der Waals surface area contributed by atoms with E-state index in [-0.39, 0.29) is 0 Å². The number of nitrogens with zero attached hydrogens (tertiary/aromatic N) is 1. The third-order valence-electron chi connectivity index (χ3n) is 0.635. The molecule has 0 spiro atoms. The number of hydrogen-bond donors (Lipinski definition) is 1. The Balaban J connectivity index is 3.25. The van der Waals surface area contributed by atoms with Gasteiger partial charge in [0, 0.05) is 0 Å². The topological polar surface area (TPSA) is 59.9 Å². The maximum Gasteiger partial charge on any atom is 0.427 e. The Kier molecular flexibility index (Phi) is 5.13. The molecule has 0 aliphatic rings. The number of rotatable bonds is 3. The minimum absolute atomic E-state index is 0.520. The third kappa shape index (κ3) is 4.89. The smallest absolute Gasteiger partial charge is 0.427 e. The molecule has 5 heteroatoms. The van der Waals surface area contributed by atoms with Crippen molar-refractivity contribution >= 4 is 12.5 Å². The van der Waals surface area contributed by atoms with Crippen molar-refractivity contribution in [3.63, 3.8) is 0 Å². The summed E-state index contributed by atoms with van der Waals surface area (Å²) in [5, 5.41) is 3.36. The molecule has 0 atom stereocenters. The summed E-state index contributed by atoms with van der Waals surface area (Å²) < 4.78 is 8.88. The molecule has 1 N–H and O–H groups in total. The predicted octanol–water partition coefficient (Wildman–Crippen LogP) is 0.322. The largest absolute Gasteiger partial charge is 0.482 e. The van der Waals surface area contributed by atoms with Crippen LogP contribution in [0.2, 0.25) is 0 Å². The molecule has 58 valence electrons. The summed E-state index contributed by atoms with van der Waals surface area (Å²) in [7, 11) is 1.26. The fourth-order valence-corrected chi connectivity index (χ4v) is 0.237. The van der Waals surface area contributed by atoms with Crippen LogP contribution >= 0.6 is 0 Å². The van der Waals surface area contributed by atoms with Crippen LogP contribution in [-0.4, -0.2) is 26.2 Å². The molecule has 0 radical (unpaired) electrons. The number of hydrazone groups is 1. The van der Waals surface area contributed by atoms with Gasteiger partial charge in [-0.25, -0.2) is 10.2 Å². The Hall–Kier alpha value is -1.26. The SMILES string of the molecule is CCO/C=N\NC(=O)OC. The van der Waals surface area contributed by atoms with Crippen LogP contribution in [-0.2, 0) is 9.47 Å². The second kappa shape index (κ2) is 5.87. The zero-order chi connectivity index (χ0) is 7.82. The minimum atomic E-state index is -0.615. The van der Waals surface area contributed by atoms with Gasteiger partial charge in [0.1, 0.15) is 0 Å². The summed E-state index contributed by atoms with van der Waals surface area (Å²) in [5.41, 5.74) is 2.05. The maximum absolute atomic E-state index is 10.3. The number of ether oxygens (including phenoxy) is 2. The van der Waals surface area contributed by atoms with Gasteiger partial charge in [-0.1, -0.05) is 0 Å². The van der Waals surface area contributed by atoms with Gasteiger partial charge in [-0.2, -0.15) is 0 Å². The Morgan fingerprint density at radius 1 is 1.80 bits per heavy atom. The van der Waals surface area contributed by atoms with Crippen molar-refractivity contribution in [2.24, 2.45) is 5.10 Å². The molecule has 0 aromatic heterocycles. The van der Waals surface area contributed by atoms with E-state index in [2.05, 4.69) is 20.0 Å². The van der Waals surface area contributed by atoms with Crippen molar-refractivity contribution < 1.29 is 14.3 Å². The highest BCUT2D eigenvalue weighted by Crippen LogP contribution is 1.69. The molecule has 0 aliphatic carbocycles. The fraction of sp³-hybridized carbons (Fsp3) is 0.600. The van der Waals surface area contributed by atoms with Crippen LogP contribution < -0.4 is 5.43 Å². The Labute approximate surface area is 59.0 Å². The van der Waals surface area contributed by atoms with Gasteiger partial charge < -0.3 is 9.47 Å². The van der Waals surface area contributed by atoms with Crippen LogP contribution in [0.4, 0.5) is 4.79 Å². The normalized spacial score (nSPS) is 9.40. The van der Waals surface area contributed by atoms with E-state index in [0.717, 1.165) is 6.40 Å². The van der Waals surface area contributed by atoms with Gasteiger partial charge in [-0.05, 0) is 6.92 Å². The Morgan fingerprint density at radius 2 is 2.50 bits per heavy atom. The van der Waals surface area contributed by atoms with E-state index in [9.17, 15) is 4.79 Å². The molecule has 0 aliphatic heterocycles. The molecule has 0 saturated carbocycles. The van der Waals surface area contributed by atoms with Gasteiger partial charge >= 0.3 is 6.09 Å². The number of carbonyl (C=O) groups excluding carboxylic acids is 1. The first-order chi connectivity index (χ1) is 4.81. The van der Waals surface area contributed by atoms with Gasteiger partial charge in [-0.15, -0.1) is 5.10 Å². The molecule has 0 fully saturated rings. The first kappa shape index (κ1) is 8.74. The number of carbonyl (C=O) groups is 1. The summed E-state index contributed by atoms with van der Waals surface area (Å²) in [5.74, 6) is 0. The monoisotopic (exact) mass is 146 g/mol. The highest BCUT2D eigenvalue weighted by Gasteiger charge is 1.90. The molecule has 0 heterocycles. The quantitative estimate of drug-likeness (QED) is 0.354. The maximum atomic E-state index is 10.3. The van der Waals surface area contributed by atoms with Gasteiger partial charge in [0.25, 0.3) is 0 Å². The third-order valence-corrected chi connectivity index (χ3v) is 0.635. The molecule has 0 saturated heterocycles. The van der Waals surface area contributed by atoms with Crippen molar-refractivity contribution in [1.29, 1.82) is 0 Å². The molecule has 0 unspecified atom stereocenters. The Bertz CT molecular complexity index is 124. The van der Waals surface area contributed by atoms with Crippen LogP contribution in [0.15, 0.2) is 5.10 Å². The van der Waals surface area contributed by atoms with Gasteiger partial charge in [0.2, 0.25) is 0 Å². The van der Waals surface area contributed by atoms with E-state index >= 15 is 0 Å². The van der Waals surface area contributed by atoms with E-state index < -0.39 is 6.09 Å². The summed E-state index contributed by atoms with van der Waals surface area (Å²) in [6.45, 7) is 2.33. The van der Waals surface area contributed by atoms with Crippen LogP contribution in [0.25, 0.3) is 0 Å². The lowest BCUT2D eigenvalue weighted by Crippen LogP contribution is -2.16. The highest BCUT2D eigenvalue weighted by molar-refractivity contribution is 5.67. The van der Waals surface area contributed by atoms with E-state index in [1.807, 2.05) is 6.92 Å². The second-order valence-corrected chi connectivity index (χ2v) is 1.29. The molecular weight excluding hydrogens is 136 g/mol. The van der Waals surface area contributed by atoms with Crippen molar-refractivity contribution in [1.82, 2.24) is 5.43 Å². The van der Waals surface area contributed by atoms with Crippen LogP contribution in [0, 0.1) is 0 Å². The molecule has 10 heavy (non-hydrogen) atoms. The standard InChI is InChI=1S/C5H10N2O3/c1-3-10-4-6-7-5(8)9-2/h4H,3H2,1-2H3,(H,7,8)/b6-4-. The van der Waals surface area contributed by atoms with Gasteiger partial charge in [-0.3, -0.25) is 0 Å². The molecule has 5 nitrogen and oxygen atoms in total. The van der Waals surface area contributed by atoms with Gasteiger partial charge in [0.15, 0.2) is 6.40 Å². The second-order valence-electron chi connectivity index (χ2n) is 1.29. The summed E-state index contributed by atoms with van der Waals surface area (Å²) in [6, 6.07) is 0.